The number of carbonyl (C=O) groups is 2. The highest BCUT2D eigenvalue weighted by Crippen LogP contribution is 2.36. The molecule has 0 bridgehead atoms. The smallest absolute Gasteiger partial charge is 0.335 e. The number of rotatable bonds is 8. The van der Waals surface area contributed by atoms with E-state index < -0.39 is 5.97 Å². The zero-order valence-electron chi connectivity index (χ0n) is 31.2. The van der Waals surface area contributed by atoms with Gasteiger partial charge in [-0.15, -0.1) is 24.8 Å². The van der Waals surface area contributed by atoms with Gasteiger partial charge in [-0.1, -0.05) is 0 Å². The number of likely N-dealkylation sites (tertiary alicyclic amines) is 1. The molecular weight excluding hydrogens is 755 g/mol. The van der Waals surface area contributed by atoms with Gasteiger partial charge in [-0.05, 0) is 87.0 Å². The Morgan fingerprint density at radius 2 is 1.09 bits per heavy atom. The third-order valence-corrected chi connectivity index (χ3v) is 9.13. The second-order valence-electron chi connectivity index (χ2n) is 12.4. The fourth-order valence-electron chi connectivity index (χ4n) is 6.22. The Bertz CT molecular complexity index is 1860. The lowest BCUT2D eigenvalue weighted by Gasteiger charge is -2.32. The number of carbonyl (C=O) groups excluding carboxylic acids is 1. The zero-order chi connectivity index (χ0) is 38.5. The molecule has 55 heavy (non-hydrogen) atoms. The molecule has 2 aromatic carbocycles. The molecule has 0 unspecified atom stereocenters. The number of nitrogens with zero attached hydrogens (tertiary/aromatic N) is 3. The van der Waals surface area contributed by atoms with Crippen LogP contribution in [-0.2, 0) is 0 Å². The van der Waals surface area contributed by atoms with Crippen LogP contribution in [-0.4, -0.2) is 96.7 Å². The highest BCUT2D eigenvalue weighted by atomic mass is 35.5. The summed E-state index contributed by atoms with van der Waals surface area (Å²) in [6, 6.07) is 12.0. The Kier molecular flexibility index (Phi) is 18.4. The minimum atomic E-state index is -1.05. The van der Waals surface area contributed by atoms with Crippen molar-refractivity contribution in [2.45, 2.75) is 37.5 Å². The number of nitrogens with one attached hydrogen (secondary N) is 1. The molecule has 2 aromatic heterocycles. The van der Waals surface area contributed by atoms with Crippen molar-refractivity contribution < 1.29 is 43.9 Å². The molecule has 8 N–H and O–H groups in total. The van der Waals surface area contributed by atoms with E-state index in [0.717, 1.165) is 55.8 Å². The highest BCUT2D eigenvalue weighted by Gasteiger charge is 2.27. The van der Waals surface area contributed by atoms with E-state index in [0.29, 0.717) is 42.0 Å². The second-order valence-corrected chi connectivity index (χ2v) is 12.4. The van der Waals surface area contributed by atoms with Gasteiger partial charge in [-0.3, -0.25) is 4.79 Å². The van der Waals surface area contributed by atoms with Crippen molar-refractivity contribution in [3.05, 3.63) is 83.2 Å². The van der Waals surface area contributed by atoms with Crippen molar-refractivity contribution >= 4 is 48.3 Å². The molecule has 1 amide bonds. The number of ether oxygens (including phenoxy) is 4. The number of pyridine rings is 2. The van der Waals surface area contributed by atoms with Crippen molar-refractivity contribution in [1.29, 1.82) is 0 Å². The molecule has 2 fully saturated rings. The lowest BCUT2D eigenvalue weighted by Crippen LogP contribution is -2.38. The van der Waals surface area contributed by atoms with Crippen LogP contribution in [0.4, 0.5) is 11.6 Å². The van der Waals surface area contributed by atoms with Crippen LogP contribution in [0.2, 0.25) is 0 Å². The number of phenolic OH excluding ortho intramolecular Hbond substituents is 2. The van der Waals surface area contributed by atoms with Crippen molar-refractivity contribution in [2.24, 2.45) is 0 Å². The van der Waals surface area contributed by atoms with Gasteiger partial charge in [0.25, 0.3) is 5.91 Å². The Labute approximate surface area is 332 Å². The summed E-state index contributed by atoms with van der Waals surface area (Å²) >= 11 is 0. The molecule has 4 aromatic rings. The fourth-order valence-corrected chi connectivity index (χ4v) is 6.22. The molecule has 300 valence electrons. The maximum absolute atomic E-state index is 12.7. The van der Waals surface area contributed by atoms with Gasteiger partial charge in [0.2, 0.25) is 0 Å². The third kappa shape index (κ3) is 12.3. The van der Waals surface area contributed by atoms with Gasteiger partial charge in [0.05, 0.1) is 34.0 Å². The van der Waals surface area contributed by atoms with Crippen molar-refractivity contribution in [2.75, 3.05) is 66.1 Å². The number of nitrogen functional groups attached to an aromatic ring is 2. The summed E-state index contributed by atoms with van der Waals surface area (Å²) in [6.07, 6.45) is 7.54. The Hall–Kier alpha value is -5.38. The monoisotopic (exact) mass is 804 g/mol. The molecule has 17 heteroatoms. The van der Waals surface area contributed by atoms with Gasteiger partial charge in [0.15, 0.2) is 23.0 Å². The number of benzene rings is 2. The number of carboxylic acid groups (broad SMARTS) is 1. The van der Waals surface area contributed by atoms with Gasteiger partial charge >= 0.3 is 5.97 Å². The van der Waals surface area contributed by atoms with Gasteiger partial charge in [-0.25, -0.2) is 14.8 Å². The number of phenols is 2. The van der Waals surface area contributed by atoms with E-state index in [-0.39, 0.29) is 59.5 Å². The minimum absolute atomic E-state index is 0. The molecule has 0 atom stereocenters. The van der Waals surface area contributed by atoms with E-state index in [4.69, 9.17) is 40.6 Å². The van der Waals surface area contributed by atoms with Gasteiger partial charge < -0.3 is 56.0 Å². The number of carboxylic acids is 1. The third-order valence-electron chi connectivity index (χ3n) is 9.13. The first-order chi connectivity index (χ1) is 25.5. The molecule has 2 aliphatic heterocycles. The number of halogens is 2. The fraction of sp³-hybridized carbons (Fsp3) is 0.368. The molecule has 6 rings (SSSR count). The maximum Gasteiger partial charge on any atom is 0.335 e. The summed E-state index contributed by atoms with van der Waals surface area (Å²) in [5.74, 6) is 2.68. The number of anilines is 2. The number of aromatic nitrogens is 2. The zero-order valence-corrected chi connectivity index (χ0v) is 32.8. The number of hydrogen-bond donors (Lipinski definition) is 6. The van der Waals surface area contributed by atoms with Crippen molar-refractivity contribution in [3.63, 3.8) is 0 Å². The average molecular weight is 806 g/mol. The van der Waals surface area contributed by atoms with Crippen molar-refractivity contribution in [1.82, 2.24) is 20.2 Å². The lowest BCUT2D eigenvalue weighted by molar-refractivity contribution is 0.0692. The van der Waals surface area contributed by atoms with E-state index in [1.807, 2.05) is 11.1 Å². The first-order valence-corrected chi connectivity index (χ1v) is 17.1. The van der Waals surface area contributed by atoms with Crippen LogP contribution in [0.15, 0.2) is 60.9 Å². The normalized spacial score (nSPS) is 13.9. The first-order valence-electron chi connectivity index (χ1n) is 17.1. The number of nitrogens with two attached hydrogens (primary N) is 2. The molecule has 0 saturated carbocycles. The van der Waals surface area contributed by atoms with E-state index in [1.54, 1.807) is 44.7 Å². The van der Waals surface area contributed by atoms with Crippen LogP contribution in [0, 0.1) is 0 Å². The van der Waals surface area contributed by atoms with Gasteiger partial charge in [0, 0.05) is 54.3 Å². The first kappa shape index (κ1) is 45.8. The predicted octanol–water partition coefficient (Wildman–Crippen LogP) is 5.49. The quantitative estimate of drug-likeness (QED) is 0.130. The summed E-state index contributed by atoms with van der Waals surface area (Å²) in [5.41, 5.74) is 14.2. The maximum atomic E-state index is 12.7. The van der Waals surface area contributed by atoms with E-state index in [2.05, 4.69) is 15.3 Å². The second kappa shape index (κ2) is 22.1. The molecule has 0 aliphatic carbocycles. The van der Waals surface area contributed by atoms with Crippen LogP contribution in [0.3, 0.4) is 0 Å². The van der Waals surface area contributed by atoms with Gasteiger partial charge in [-0.2, -0.15) is 0 Å². The summed E-state index contributed by atoms with van der Waals surface area (Å²) < 4.78 is 20.6. The van der Waals surface area contributed by atoms with Crippen molar-refractivity contribution in [3.8, 4) is 34.5 Å². The van der Waals surface area contributed by atoms with Crippen LogP contribution in [0.25, 0.3) is 0 Å². The summed E-state index contributed by atoms with van der Waals surface area (Å²) in [4.78, 5) is 33.3. The topological polar surface area (TPSA) is 225 Å². The Morgan fingerprint density at radius 1 is 0.673 bits per heavy atom. The predicted molar refractivity (Wildman–Crippen MR) is 214 cm³/mol. The molecule has 15 nitrogen and oxygen atoms in total. The summed E-state index contributed by atoms with van der Waals surface area (Å²) in [7, 11) is 6.12. The number of aromatic hydroxyl groups is 2. The lowest BCUT2D eigenvalue weighted by atomic mass is 9.89. The average Bonchev–Trinajstić information content (AvgIpc) is 3.18. The number of hydrogen-bond acceptors (Lipinski definition) is 13. The molecule has 4 heterocycles. The number of methoxy groups -OCH3 is 4. The van der Waals surface area contributed by atoms with E-state index in [9.17, 15) is 14.7 Å². The number of amides is 1. The largest absolute Gasteiger partial charge is 0.504 e. The summed E-state index contributed by atoms with van der Waals surface area (Å²) in [6.45, 7) is 3.41. The summed E-state index contributed by atoms with van der Waals surface area (Å²) in [5, 5.41) is 30.7. The molecule has 2 aliphatic rings. The van der Waals surface area contributed by atoms with Crippen LogP contribution in [0.1, 0.15) is 69.4 Å². The van der Waals surface area contributed by atoms with Crippen LogP contribution < -0.4 is 35.7 Å². The molecule has 0 radical (unpaired) electrons. The molecule has 2 saturated heterocycles. The number of aromatic carboxylic acids is 1. The minimum Gasteiger partial charge on any atom is -0.504 e. The van der Waals surface area contributed by atoms with Crippen LogP contribution in [0.5, 0.6) is 34.5 Å². The van der Waals surface area contributed by atoms with Crippen LogP contribution >= 0.6 is 24.8 Å². The number of piperidine rings is 2. The highest BCUT2D eigenvalue weighted by molar-refractivity contribution is 5.95. The Morgan fingerprint density at radius 3 is 1.53 bits per heavy atom. The Balaban J connectivity index is 0.000000307. The van der Waals surface area contributed by atoms with E-state index in [1.165, 1.54) is 44.0 Å². The molecular formula is C38H50Cl2N6O9. The van der Waals surface area contributed by atoms with Gasteiger partial charge in [0.1, 0.15) is 23.1 Å². The van der Waals surface area contributed by atoms with E-state index >= 15 is 0 Å². The molecule has 0 spiro atoms. The SMILES string of the molecule is COc1cc(C(=O)N2CCC(c3cnc(N)cc3OC)CC2)ccc1O.COc1cc(C(=O)O)ccc1O.COc1cc(N)ncc1C1CCNCC1.Cl.Cl. The standard InChI is InChI=1S/C19H23N3O4.C11H17N3O.C8H8O4.2ClH/c1-25-16-10-18(20)21-11-14(16)12-5-7-22(8-6-12)19(24)13-3-4-15(23)17(9-13)26-2;1-15-10-6-11(12)14-7-9(10)8-2-4-13-5-3-8;1-12-7-4-5(8(10)11)2-3-6(7)9;;/h3-4,9-12,23H,5-8H2,1-2H3,(H2,20,21);6-8,13H,2-5H2,1H3,(H2,12,14);2-4,9H,1H3,(H,10,11);2*1H.